The number of hydrogen-bond acceptors (Lipinski definition) is 6. The molecule has 1 aliphatic heterocycles. The summed E-state index contributed by atoms with van der Waals surface area (Å²) in [5, 5.41) is 8.28. The molecule has 0 saturated heterocycles. The predicted molar refractivity (Wildman–Crippen MR) is 161 cm³/mol. The minimum Gasteiger partial charge on any atom is -0.374 e. The standard InChI is InChI=1S/C32H43N5O5/c1-22-12-14-24(15-13-22)19-36-16-17-37(26(31(36)41)21-42-20-25-10-8-7-9-11-25)27(38)18-34-30(40)28(32(3,4)5)35-29(39)23(2)33-6/h7-17,23,26,28,33H,18-21H2,1-6H3,(H,34,40)(H,35,39)/t23-,26-,28+/m0/s1. The van der Waals surface area contributed by atoms with Gasteiger partial charge in [0.1, 0.15) is 12.1 Å². The monoisotopic (exact) mass is 577 g/mol. The lowest BCUT2D eigenvalue weighted by atomic mass is 9.86. The number of ether oxygens (including phenoxy) is 1. The van der Waals surface area contributed by atoms with Gasteiger partial charge in [0, 0.05) is 12.4 Å². The van der Waals surface area contributed by atoms with E-state index in [4.69, 9.17) is 4.74 Å². The first-order valence-corrected chi connectivity index (χ1v) is 14.1. The van der Waals surface area contributed by atoms with Crippen molar-refractivity contribution in [3.63, 3.8) is 0 Å². The Morgan fingerprint density at radius 3 is 2.24 bits per heavy atom. The molecule has 0 saturated carbocycles. The fourth-order valence-electron chi connectivity index (χ4n) is 4.36. The van der Waals surface area contributed by atoms with Crippen LogP contribution in [0.1, 0.15) is 44.4 Å². The summed E-state index contributed by atoms with van der Waals surface area (Å²) in [7, 11) is 1.66. The molecule has 10 heteroatoms. The third kappa shape index (κ3) is 8.99. The van der Waals surface area contributed by atoms with Crippen LogP contribution in [0, 0.1) is 12.3 Å². The van der Waals surface area contributed by atoms with Gasteiger partial charge >= 0.3 is 0 Å². The van der Waals surface area contributed by atoms with Crippen molar-refractivity contribution < 1.29 is 23.9 Å². The number of benzene rings is 2. The van der Waals surface area contributed by atoms with E-state index in [2.05, 4.69) is 16.0 Å². The van der Waals surface area contributed by atoms with Crippen molar-refractivity contribution in [2.45, 2.75) is 65.9 Å². The van der Waals surface area contributed by atoms with E-state index in [0.717, 1.165) is 16.7 Å². The number of amides is 4. The maximum atomic E-state index is 13.6. The maximum Gasteiger partial charge on any atom is 0.252 e. The summed E-state index contributed by atoms with van der Waals surface area (Å²) in [6.45, 7) is 9.44. The first-order valence-electron chi connectivity index (χ1n) is 14.1. The number of likely N-dealkylation sites (N-methyl/N-ethyl adjacent to an activating group) is 1. The zero-order chi connectivity index (χ0) is 30.9. The van der Waals surface area contributed by atoms with Gasteiger partial charge in [0.2, 0.25) is 17.7 Å². The van der Waals surface area contributed by atoms with Crippen molar-refractivity contribution in [2.75, 3.05) is 20.2 Å². The first-order chi connectivity index (χ1) is 19.9. The molecule has 0 spiro atoms. The van der Waals surface area contributed by atoms with Crippen LogP contribution in [0.25, 0.3) is 0 Å². The van der Waals surface area contributed by atoms with Crippen molar-refractivity contribution in [1.29, 1.82) is 0 Å². The van der Waals surface area contributed by atoms with Crippen molar-refractivity contribution in [1.82, 2.24) is 25.8 Å². The van der Waals surface area contributed by atoms with E-state index in [0.29, 0.717) is 6.54 Å². The van der Waals surface area contributed by atoms with Crippen molar-refractivity contribution >= 4 is 23.6 Å². The zero-order valence-corrected chi connectivity index (χ0v) is 25.3. The molecule has 1 aliphatic rings. The summed E-state index contributed by atoms with van der Waals surface area (Å²) in [5.74, 6) is -1.57. The van der Waals surface area contributed by atoms with Gasteiger partial charge in [-0.3, -0.25) is 19.2 Å². The van der Waals surface area contributed by atoms with E-state index in [-0.39, 0.29) is 31.6 Å². The topological polar surface area (TPSA) is 120 Å². The fourth-order valence-corrected chi connectivity index (χ4v) is 4.36. The highest BCUT2D eigenvalue weighted by Crippen LogP contribution is 2.21. The normalized spacial score (nSPS) is 16.6. The summed E-state index contributed by atoms with van der Waals surface area (Å²) in [6, 6.07) is 15.2. The molecule has 2 aromatic carbocycles. The molecule has 10 nitrogen and oxygen atoms in total. The average Bonchev–Trinajstić information content (AvgIpc) is 2.96. The summed E-state index contributed by atoms with van der Waals surface area (Å²) < 4.78 is 5.89. The van der Waals surface area contributed by atoms with Crippen LogP contribution in [-0.2, 0) is 37.1 Å². The molecule has 0 radical (unpaired) electrons. The minimum absolute atomic E-state index is 0.0231. The molecule has 0 bridgehead atoms. The molecule has 0 unspecified atom stereocenters. The second kappa shape index (κ2) is 14.7. The Hall–Kier alpha value is -4.02. The summed E-state index contributed by atoms with van der Waals surface area (Å²) >= 11 is 0. The second-order valence-corrected chi connectivity index (χ2v) is 11.6. The Morgan fingerprint density at radius 1 is 0.952 bits per heavy atom. The van der Waals surface area contributed by atoms with Gasteiger partial charge in [0.05, 0.1) is 32.3 Å². The van der Waals surface area contributed by atoms with Crippen LogP contribution in [0.15, 0.2) is 67.0 Å². The molecule has 2 aromatic rings. The summed E-state index contributed by atoms with van der Waals surface area (Å²) in [6.07, 6.45) is 3.13. The Bertz CT molecular complexity index is 1260. The maximum absolute atomic E-state index is 13.6. The zero-order valence-electron chi connectivity index (χ0n) is 25.3. The lowest BCUT2D eigenvalue weighted by Gasteiger charge is -2.36. The largest absolute Gasteiger partial charge is 0.374 e. The van der Waals surface area contributed by atoms with E-state index < -0.39 is 35.4 Å². The van der Waals surface area contributed by atoms with E-state index in [1.54, 1.807) is 31.3 Å². The van der Waals surface area contributed by atoms with Crippen LogP contribution in [0.3, 0.4) is 0 Å². The van der Waals surface area contributed by atoms with E-state index in [1.165, 1.54) is 4.90 Å². The number of aryl methyl sites for hydroxylation is 1. The Labute approximate surface area is 248 Å². The van der Waals surface area contributed by atoms with Crippen molar-refractivity contribution in [3.05, 3.63) is 83.7 Å². The highest BCUT2D eigenvalue weighted by molar-refractivity contribution is 5.94. The molecule has 1 heterocycles. The van der Waals surface area contributed by atoms with Crippen LogP contribution in [0.5, 0.6) is 0 Å². The molecule has 226 valence electrons. The SMILES string of the molecule is CN[C@@H](C)C(=O)N[C@H](C(=O)NCC(=O)N1C=CN(Cc2ccc(C)cc2)C(=O)[C@@H]1COCc1ccccc1)C(C)(C)C. The minimum atomic E-state index is -0.914. The summed E-state index contributed by atoms with van der Waals surface area (Å²) in [4.78, 5) is 55.5. The van der Waals surface area contributed by atoms with Crippen LogP contribution >= 0.6 is 0 Å². The van der Waals surface area contributed by atoms with Gasteiger partial charge in [-0.05, 0) is 37.4 Å². The fraction of sp³-hybridized carbons (Fsp3) is 0.438. The number of carbonyl (C=O) groups is 4. The molecule has 0 fully saturated rings. The highest BCUT2D eigenvalue weighted by Gasteiger charge is 2.37. The Morgan fingerprint density at radius 2 is 1.62 bits per heavy atom. The number of nitrogens with one attached hydrogen (secondary N) is 3. The molecule has 4 amide bonds. The number of hydrogen-bond donors (Lipinski definition) is 3. The van der Waals surface area contributed by atoms with Crippen LogP contribution in [-0.4, -0.2) is 71.8 Å². The molecule has 3 atom stereocenters. The third-order valence-corrected chi connectivity index (χ3v) is 7.11. The van der Waals surface area contributed by atoms with E-state index in [9.17, 15) is 19.2 Å². The molecule has 0 aromatic heterocycles. The van der Waals surface area contributed by atoms with Gasteiger partial charge < -0.3 is 30.5 Å². The van der Waals surface area contributed by atoms with Gasteiger partial charge in [-0.2, -0.15) is 0 Å². The lowest BCUT2D eigenvalue weighted by Crippen LogP contribution is -2.58. The van der Waals surface area contributed by atoms with Gasteiger partial charge in [-0.15, -0.1) is 0 Å². The predicted octanol–water partition coefficient (Wildman–Crippen LogP) is 2.48. The third-order valence-electron chi connectivity index (χ3n) is 7.11. The van der Waals surface area contributed by atoms with Crippen molar-refractivity contribution in [3.8, 4) is 0 Å². The number of carbonyl (C=O) groups excluding carboxylic acids is 4. The van der Waals surface area contributed by atoms with Gasteiger partial charge in [0.15, 0.2) is 0 Å². The van der Waals surface area contributed by atoms with E-state index >= 15 is 0 Å². The Kier molecular flexibility index (Phi) is 11.4. The molecule has 3 rings (SSSR count). The summed E-state index contributed by atoms with van der Waals surface area (Å²) in [5.41, 5.74) is 2.41. The quantitative estimate of drug-likeness (QED) is 0.357. The molecule has 3 N–H and O–H groups in total. The number of nitrogens with zero attached hydrogens (tertiary/aromatic N) is 2. The molecular formula is C32H43N5O5. The van der Waals surface area contributed by atoms with E-state index in [1.807, 2.05) is 82.3 Å². The first kappa shape index (κ1) is 32.5. The number of rotatable bonds is 12. The van der Waals surface area contributed by atoms with Gasteiger partial charge in [0.25, 0.3) is 5.91 Å². The second-order valence-electron chi connectivity index (χ2n) is 11.6. The molecule has 0 aliphatic carbocycles. The van der Waals surface area contributed by atoms with Crippen LogP contribution in [0.4, 0.5) is 0 Å². The Balaban J connectivity index is 1.73. The smallest absolute Gasteiger partial charge is 0.252 e. The van der Waals surface area contributed by atoms with Crippen LogP contribution in [0.2, 0.25) is 0 Å². The van der Waals surface area contributed by atoms with Crippen LogP contribution < -0.4 is 16.0 Å². The molecular weight excluding hydrogens is 534 g/mol. The van der Waals surface area contributed by atoms with Gasteiger partial charge in [-0.25, -0.2) is 0 Å². The molecule has 42 heavy (non-hydrogen) atoms. The lowest BCUT2D eigenvalue weighted by molar-refractivity contribution is -0.146. The van der Waals surface area contributed by atoms with Crippen molar-refractivity contribution in [2.24, 2.45) is 5.41 Å². The highest BCUT2D eigenvalue weighted by atomic mass is 16.5. The van der Waals surface area contributed by atoms with Gasteiger partial charge in [-0.1, -0.05) is 80.9 Å². The average molecular weight is 578 g/mol.